The fourth-order valence-electron chi connectivity index (χ4n) is 2.21. The van der Waals surface area contributed by atoms with E-state index in [1.54, 1.807) is 24.3 Å². The van der Waals surface area contributed by atoms with Crippen molar-refractivity contribution in [1.82, 2.24) is 5.32 Å². The number of hydrogen-bond donors (Lipinski definition) is 2. The Balaban J connectivity index is 2.20. The van der Waals surface area contributed by atoms with E-state index in [9.17, 15) is 13.2 Å². The Kier molecular flexibility index (Phi) is 4.29. The molecule has 1 aliphatic heterocycles. The number of hydrogen-bond acceptors (Lipinski definition) is 5. The lowest BCUT2D eigenvalue weighted by Gasteiger charge is -2.28. The summed E-state index contributed by atoms with van der Waals surface area (Å²) < 4.78 is 28.9. The van der Waals surface area contributed by atoms with Crippen LogP contribution in [0.5, 0.6) is 5.75 Å². The molecule has 6 nitrogen and oxygen atoms in total. The highest BCUT2D eigenvalue weighted by Crippen LogP contribution is 2.23. The van der Waals surface area contributed by atoms with Crippen molar-refractivity contribution in [2.45, 2.75) is 19.0 Å². The van der Waals surface area contributed by atoms with Crippen LogP contribution in [-0.2, 0) is 14.6 Å². The molecule has 1 aliphatic rings. The Hall–Kier alpha value is -1.60. The Labute approximate surface area is 117 Å². The Morgan fingerprint density at radius 3 is 2.55 bits per heavy atom. The summed E-state index contributed by atoms with van der Waals surface area (Å²) in [6.45, 7) is 2.43. The van der Waals surface area contributed by atoms with Crippen LogP contribution >= 0.6 is 0 Å². The van der Waals surface area contributed by atoms with Crippen LogP contribution in [0.1, 0.15) is 18.5 Å². The van der Waals surface area contributed by atoms with E-state index in [0.29, 0.717) is 12.4 Å². The molecule has 2 atom stereocenters. The molecule has 110 valence electrons. The zero-order valence-corrected chi connectivity index (χ0v) is 11.9. The van der Waals surface area contributed by atoms with Crippen molar-refractivity contribution in [1.29, 1.82) is 0 Å². The molecular formula is C13H17NO5S. The normalized spacial score (nSPS) is 25.1. The lowest BCUT2D eigenvalue weighted by molar-refractivity contribution is -0.139. The third kappa shape index (κ3) is 3.49. The summed E-state index contributed by atoms with van der Waals surface area (Å²) in [7, 11) is -3.37. The lowest BCUT2D eigenvalue weighted by Crippen LogP contribution is -2.51. The summed E-state index contributed by atoms with van der Waals surface area (Å²) in [4.78, 5) is 11.0. The zero-order valence-electron chi connectivity index (χ0n) is 11.1. The number of carbonyl (C=O) groups is 1. The maximum Gasteiger partial charge on any atom is 0.321 e. The molecule has 1 aromatic carbocycles. The molecule has 2 unspecified atom stereocenters. The number of sulfone groups is 1. The molecule has 0 aromatic heterocycles. The van der Waals surface area contributed by atoms with E-state index in [0.717, 1.165) is 5.56 Å². The van der Waals surface area contributed by atoms with Crippen LogP contribution in [-0.4, -0.2) is 43.6 Å². The van der Waals surface area contributed by atoms with Crippen LogP contribution in [0, 0.1) is 0 Å². The van der Waals surface area contributed by atoms with E-state index < -0.39 is 27.9 Å². The lowest BCUT2D eigenvalue weighted by atomic mass is 10.1. The van der Waals surface area contributed by atoms with Gasteiger partial charge in [0.25, 0.3) is 0 Å². The Bertz CT molecular complexity index is 581. The first-order chi connectivity index (χ1) is 9.41. The molecule has 1 fully saturated rings. The molecule has 2 N–H and O–H groups in total. The average molecular weight is 299 g/mol. The van der Waals surface area contributed by atoms with Crippen LogP contribution in [0.4, 0.5) is 0 Å². The largest absolute Gasteiger partial charge is 0.494 e. The number of aliphatic carboxylic acids is 1. The summed E-state index contributed by atoms with van der Waals surface area (Å²) in [5.41, 5.74) is 0.739. The summed E-state index contributed by atoms with van der Waals surface area (Å²) in [6.07, 6.45) is 0. The SMILES string of the molecule is CCOc1ccc(C2CS(=O)(=O)CC(C(=O)O)N2)cc1. The van der Waals surface area contributed by atoms with Gasteiger partial charge in [0.1, 0.15) is 11.8 Å². The van der Waals surface area contributed by atoms with Crippen LogP contribution in [0.15, 0.2) is 24.3 Å². The van der Waals surface area contributed by atoms with Crippen molar-refractivity contribution in [2.24, 2.45) is 0 Å². The molecule has 0 bridgehead atoms. The number of nitrogens with one attached hydrogen (secondary N) is 1. The summed E-state index contributed by atoms with van der Waals surface area (Å²) in [5, 5.41) is 11.9. The monoisotopic (exact) mass is 299 g/mol. The van der Waals surface area contributed by atoms with E-state index in [4.69, 9.17) is 9.84 Å². The molecule has 0 radical (unpaired) electrons. The molecular weight excluding hydrogens is 282 g/mol. The van der Waals surface area contributed by atoms with Crippen molar-refractivity contribution < 1.29 is 23.1 Å². The summed E-state index contributed by atoms with van der Waals surface area (Å²) in [5.74, 6) is -0.908. The highest BCUT2D eigenvalue weighted by atomic mass is 32.2. The van der Waals surface area contributed by atoms with Gasteiger partial charge in [-0.2, -0.15) is 0 Å². The summed E-state index contributed by atoms with van der Waals surface area (Å²) >= 11 is 0. The molecule has 1 heterocycles. The van der Waals surface area contributed by atoms with Gasteiger partial charge in [-0.05, 0) is 24.6 Å². The van der Waals surface area contributed by atoms with Crippen molar-refractivity contribution in [2.75, 3.05) is 18.1 Å². The van der Waals surface area contributed by atoms with Gasteiger partial charge in [0.2, 0.25) is 0 Å². The molecule has 0 amide bonds. The number of benzene rings is 1. The first kappa shape index (κ1) is 14.8. The zero-order chi connectivity index (χ0) is 14.8. The third-order valence-electron chi connectivity index (χ3n) is 3.14. The van der Waals surface area contributed by atoms with Gasteiger partial charge >= 0.3 is 5.97 Å². The maximum atomic E-state index is 11.8. The maximum absolute atomic E-state index is 11.8. The minimum atomic E-state index is -3.37. The van der Waals surface area contributed by atoms with Gasteiger partial charge in [-0.1, -0.05) is 12.1 Å². The molecule has 0 spiro atoms. The fraction of sp³-hybridized carbons (Fsp3) is 0.462. The molecule has 1 saturated heterocycles. The van der Waals surface area contributed by atoms with Gasteiger partial charge in [-0.15, -0.1) is 0 Å². The van der Waals surface area contributed by atoms with Crippen molar-refractivity contribution >= 4 is 15.8 Å². The van der Waals surface area contributed by atoms with Crippen LogP contribution < -0.4 is 10.1 Å². The molecule has 0 aliphatic carbocycles. The highest BCUT2D eigenvalue weighted by Gasteiger charge is 2.35. The van der Waals surface area contributed by atoms with Crippen molar-refractivity contribution in [3.8, 4) is 5.75 Å². The first-order valence-corrected chi connectivity index (χ1v) is 8.15. The van der Waals surface area contributed by atoms with E-state index >= 15 is 0 Å². The summed E-state index contributed by atoms with van der Waals surface area (Å²) in [6, 6.07) is 5.43. The first-order valence-electron chi connectivity index (χ1n) is 6.33. The van der Waals surface area contributed by atoms with Gasteiger partial charge in [-0.3, -0.25) is 10.1 Å². The van der Waals surface area contributed by atoms with Gasteiger partial charge in [-0.25, -0.2) is 8.42 Å². The molecule has 20 heavy (non-hydrogen) atoms. The smallest absolute Gasteiger partial charge is 0.321 e. The van der Waals surface area contributed by atoms with Crippen LogP contribution in [0.25, 0.3) is 0 Å². The minimum absolute atomic E-state index is 0.0925. The van der Waals surface area contributed by atoms with E-state index in [1.165, 1.54) is 0 Å². The van der Waals surface area contributed by atoms with Crippen LogP contribution in [0.3, 0.4) is 0 Å². The van der Waals surface area contributed by atoms with E-state index in [1.807, 2.05) is 6.92 Å². The van der Waals surface area contributed by atoms with E-state index in [-0.39, 0.29) is 11.5 Å². The number of carboxylic acids is 1. The second-order valence-electron chi connectivity index (χ2n) is 4.69. The van der Waals surface area contributed by atoms with Gasteiger partial charge in [0, 0.05) is 6.04 Å². The quantitative estimate of drug-likeness (QED) is 0.845. The van der Waals surface area contributed by atoms with E-state index in [2.05, 4.69) is 5.32 Å². The highest BCUT2D eigenvalue weighted by molar-refractivity contribution is 7.91. The predicted molar refractivity (Wildman–Crippen MR) is 73.6 cm³/mol. The van der Waals surface area contributed by atoms with Crippen molar-refractivity contribution in [3.05, 3.63) is 29.8 Å². The second kappa shape index (κ2) is 5.80. The van der Waals surface area contributed by atoms with Gasteiger partial charge < -0.3 is 9.84 Å². The standard InChI is InChI=1S/C13H17NO5S/c1-2-19-10-5-3-9(4-6-10)11-7-20(17,18)8-12(14-11)13(15)16/h3-6,11-12,14H,2,7-8H2,1H3,(H,15,16). The van der Waals surface area contributed by atoms with Crippen LogP contribution in [0.2, 0.25) is 0 Å². The third-order valence-corrected chi connectivity index (χ3v) is 4.82. The Morgan fingerprint density at radius 2 is 2.00 bits per heavy atom. The molecule has 7 heteroatoms. The Morgan fingerprint density at radius 1 is 1.35 bits per heavy atom. The number of carboxylic acid groups (broad SMARTS) is 1. The average Bonchev–Trinajstić information content (AvgIpc) is 2.38. The topological polar surface area (TPSA) is 92.7 Å². The second-order valence-corrected chi connectivity index (χ2v) is 6.84. The van der Waals surface area contributed by atoms with Gasteiger partial charge in [0.15, 0.2) is 9.84 Å². The number of ether oxygens (including phenoxy) is 1. The minimum Gasteiger partial charge on any atom is -0.494 e. The van der Waals surface area contributed by atoms with Gasteiger partial charge in [0.05, 0.1) is 18.1 Å². The molecule has 1 aromatic rings. The van der Waals surface area contributed by atoms with Crippen molar-refractivity contribution in [3.63, 3.8) is 0 Å². The fourth-order valence-corrected chi connectivity index (χ4v) is 3.89. The molecule has 0 saturated carbocycles. The molecule has 2 rings (SSSR count). The predicted octanol–water partition coefficient (Wildman–Crippen LogP) is 0.598. The number of rotatable bonds is 4.